The molecule has 1 heterocycles. The molecule has 0 fully saturated rings. The zero-order valence-electron chi connectivity index (χ0n) is 7.23. The maximum Gasteiger partial charge on any atom is 0.497 e. The second-order valence-corrected chi connectivity index (χ2v) is 3.66. The molecular weight excluding hydrogens is 211 g/mol. The van der Waals surface area contributed by atoms with Crippen LogP contribution in [0.2, 0.25) is 0 Å². The van der Waals surface area contributed by atoms with Crippen LogP contribution in [0.1, 0.15) is 16.7 Å². The lowest BCUT2D eigenvalue weighted by Gasteiger charge is -2.02. The number of aliphatic hydroxyl groups is 1. The van der Waals surface area contributed by atoms with Gasteiger partial charge in [0, 0.05) is 10.9 Å². The van der Waals surface area contributed by atoms with Crippen LogP contribution in [-0.2, 0) is 9.09 Å². The molecule has 0 bridgehead atoms. The Hall–Kier alpha value is -0.480. The Labute approximate surface area is 81.4 Å². The molecule has 0 aliphatic rings. The smallest absolute Gasteiger partial charge is 0.496 e. The second kappa shape index (κ2) is 4.67. The molecule has 13 heavy (non-hydrogen) atoms. The molecule has 4 nitrogen and oxygen atoms in total. The number of hydrogen-bond donors (Lipinski definition) is 1. The molecule has 2 unspecified atom stereocenters. The first-order valence-corrected chi connectivity index (χ1v) is 5.23. The van der Waals surface area contributed by atoms with Crippen molar-refractivity contribution >= 4 is 20.0 Å². The van der Waals surface area contributed by atoms with Crippen molar-refractivity contribution in [2.24, 2.45) is 0 Å². The molecule has 0 radical (unpaired) electrons. The predicted molar refractivity (Wildman–Crippen MR) is 50.7 cm³/mol. The third-order valence-electron chi connectivity index (χ3n) is 1.64. The fraction of sp³-hybridized carbons (Fsp3) is 0.429. The quantitative estimate of drug-likeness (QED) is 0.624. The van der Waals surface area contributed by atoms with Gasteiger partial charge in [-0.2, -0.15) is 0 Å². The zero-order chi connectivity index (χ0) is 9.84. The molecule has 1 rings (SSSR count). The van der Waals surface area contributed by atoms with Gasteiger partial charge in [-0.3, -0.25) is 0 Å². The number of rotatable bonds is 4. The van der Waals surface area contributed by atoms with E-state index in [1.807, 2.05) is 6.92 Å². The Morgan fingerprint density at radius 2 is 2.38 bits per heavy atom. The summed E-state index contributed by atoms with van der Waals surface area (Å²) in [7, 11) is 0.593. The minimum atomic E-state index is -1.12. The van der Waals surface area contributed by atoms with Crippen molar-refractivity contribution < 1.29 is 18.9 Å². The summed E-state index contributed by atoms with van der Waals surface area (Å²) in [4.78, 5) is 0.625. The molecule has 2 atom stereocenters. The van der Waals surface area contributed by atoms with Gasteiger partial charge >= 0.3 is 8.69 Å². The highest BCUT2D eigenvalue weighted by atomic mass is 32.1. The third kappa shape index (κ3) is 2.25. The Balaban J connectivity index is 2.88. The Morgan fingerprint density at radius 3 is 2.85 bits per heavy atom. The SMILES string of the molecule is COc1csc(C(O)O[PH+]=O)c1C. The summed E-state index contributed by atoms with van der Waals surface area (Å²) in [6.07, 6.45) is -1.12. The Morgan fingerprint density at radius 1 is 1.69 bits per heavy atom. The zero-order valence-corrected chi connectivity index (χ0v) is 9.05. The van der Waals surface area contributed by atoms with E-state index in [0.717, 1.165) is 5.56 Å². The minimum absolute atomic E-state index is 0.625. The molecule has 0 saturated carbocycles. The molecule has 0 amide bonds. The molecule has 0 aromatic carbocycles. The highest BCUT2D eigenvalue weighted by molar-refractivity contribution is 7.17. The van der Waals surface area contributed by atoms with Crippen LogP contribution in [0.5, 0.6) is 5.75 Å². The van der Waals surface area contributed by atoms with Crippen molar-refractivity contribution in [1.82, 2.24) is 0 Å². The predicted octanol–water partition coefficient (Wildman–Crippen LogP) is 2.01. The number of methoxy groups -OCH3 is 1. The monoisotopic (exact) mass is 221 g/mol. The minimum Gasteiger partial charge on any atom is -0.496 e. The lowest BCUT2D eigenvalue weighted by atomic mass is 10.2. The molecule has 0 saturated heterocycles. The summed E-state index contributed by atoms with van der Waals surface area (Å²) >= 11 is 1.31. The average molecular weight is 221 g/mol. The molecule has 1 N–H and O–H groups in total. The van der Waals surface area contributed by atoms with E-state index < -0.39 is 15.0 Å². The summed E-state index contributed by atoms with van der Waals surface area (Å²) < 4.78 is 19.7. The first-order valence-electron chi connectivity index (χ1n) is 3.53. The average Bonchev–Trinajstić information content (AvgIpc) is 2.47. The van der Waals surface area contributed by atoms with Gasteiger partial charge in [-0.15, -0.1) is 15.9 Å². The summed E-state index contributed by atoms with van der Waals surface area (Å²) in [5.41, 5.74) is 0.818. The van der Waals surface area contributed by atoms with Gasteiger partial charge in [0.1, 0.15) is 5.75 Å². The van der Waals surface area contributed by atoms with Crippen LogP contribution in [-0.4, -0.2) is 12.2 Å². The van der Waals surface area contributed by atoms with Gasteiger partial charge in [0.05, 0.1) is 12.0 Å². The highest BCUT2D eigenvalue weighted by Gasteiger charge is 2.19. The summed E-state index contributed by atoms with van der Waals surface area (Å²) in [5.74, 6) is 0.705. The van der Waals surface area contributed by atoms with Crippen LogP contribution in [0.4, 0.5) is 0 Å². The first kappa shape index (κ1) is 10.6. The van der Waals surface area contributed by atoms with Crippen LogP contribution in [0.15, 0.2) is 5.38 Å². The van der Waals surface area contributed by atoms with E-state index in [1.165, 1.54) is 11.3 Å². The molecule has 1 aromatic rings. The van der Waals surface area contributed by atoms with E-state index in [-0.39, 0.29) is 0 Å². The Kier molecular flexibility index (Phi) is 3.81. The van der Waals surface area contributed by atoms with Gasteiger partial charge in [-0.05, 0) is 11.5 Å². The van der Waals surface area contributed by atoms with Crippen molar-refractivity contribution in [3.05, 3.63) is 15.8 Å². The molecule has 0 aliphatic heterocycles. The van der Waals surface area contributed by atoms with E-state index in [0.29, 0.717) is 10.6 Å². The maximum atomic E-state index is 10.1. The van der Waals surface area contributed by atoms with Gasteiger partial charge in [0.2, 0.25) is 6.29 Å². The number of thiophene rings is 1. The van der Waals surface area contributed by atoms with Crippen molar-refractivity contribution in [2.75, 3.05) is 7.11 Å². The van der Waals surface area contributed by atoms with Crippen LogP contribution in [0.25, 0.3) is 0 Å². The highest BCUT2D eigenvalue weighted by Crippen LogP contribution is 2.34. The maximum absolute atomic E-state index is 10.1. The fourth-order valence-corrected chi connectivity index (χ4v) is 2.20. The van der Waals surface area contributed by atoms with Crippen LogP contribution in [0.3, 0.4) is 0 Å². The van der Waals surface area contributed by atoms with Crippen LogP contribution < -0.4 is 4.74 Å². The van der Waals surface area contributed by atoms with E-state index >= 15 is 0 Å². The van der Waals surface area contributed by atoms with Crippen molar-refractivity contribution in [2.45, 2.75) is 13.2 Å². The third-order valence-corrected chi connectivity index (χ3v) is 3.05. The normalized spacial score (nSPS) is 13.2. The summed E-state index contributed by atoms with van der Waals surface area (Å²) in [5, 5.41) is 11.1. The lowest BCUT2D eigenvalue weighted by Crippen LogP contribution is -1.95. The van der Waals surface area contributed by atoms with Crippen LogP contribution >= 0.6 is 20.0 Å². The molecule has 1 aromatic heterocycles. The molecule has 0 aliphatic carbocycles. The van der Waals surface area contributed by atoms with Gasteiger partial charge in [0.25, 0.3) is 0 Å². The van der Waals surface area contributed by atoms with E-state index in [2.05, 4.69) is 4.52 Å². The number of ether oxygens (including phenoxy) is 1. The Bertz CT molecular complexity index is 299. The number of hydrogen-bond acceptors (Lipinski definition) is 5. The van der Waals surface area contributed by atoms with E-state index in [1.54, 1.807) is 12.5 Å². The van der Waals surface area contributed by atoms with Gasteiger partial charge in [-0.1, -0.05) is 0 Å². The van der Waals surface area contributed by atoms with Crippen molar-refractivity contribution in [3.63, 3.8) is 0 Å². The first-order chi connectivity index (χ1) is 6.20. The number of aliphatic hydroxyl groups excluding tert-OH is 1. The van der Waals surface area contributed by atoms with Crippen LogP contribution in [0, 0.1) is 6.92 Å². The standard InChI is InChI=1S/C7H10O4PS/c1-4-5(10-2)3-13-6(4)7(8)11-12-9/h3,7-8,12H,1-2H3/q+1. The largest absolute Gasteiger partial charge is 0.497 e. The van der Waals surface area contributed by atoms with Gasteiger partial charge in [-0.25, -0.2) is 0 Å². The lowest BCUT2D eigenvalue weighted by molar-refractivity contribution is -0.00670. The summed E-state index contributed by atoms with van der Waals surface area (Å²) in [6, 6.07) is 0. The summed E-state index contributed by atoms with van der Waals surface area (Å²) in [6.45, 7) is 1.81. The fourth-order valence-electron chi connectivity index (χ4n) is 0.959. The molecule has 72 valence electrons. The topological polar surface area (TPSA) is 55.8 Å². The van der Waals surface area contributed by atoms with Gasteiger partial charge < -0.3 is 9.84 Å². The van der Waals surface area contributed by atoms with E-state index in [9.17, 15) is 9.67 Å². The second-order valence-electron chi connectivity index (χ2n) is 2.35. The van der Waals surface area contributed by atoms with Gasteiger partial charge in [0.15, 0.2) is 0 Å². The molecular formula is C7H10O4PS+. The van der Waals surface area contributed by atoms with Crippen molar-refractivity contribution in [1.29, 1.82) is 0 Å². The molecule has 0 spiro atoms. The van der Waals surface area contributed by atoms with E-state index in [4.69, 9.17) is 4.74 Å². The molecule has 6 heteroatoms. The van der Waals surface area contributed by atoms with Crippen molar-refractivity contribution in [3.8, 4) is 5.75 Å².